The molecule has 0 spiro atoms. The number of sulfonamides is 1. The van der Waals surface area contributed by atoms with Crippen LogP contribution in [0.25, 0.3) is 28.2 Å². The Bertz CT molecular complexity index is 2340. The van der Waals surface area contributed by atoms with E-state index in [-0.39, 0.29) is 26.0 Å². The van der Waals surface area contributed by atoms with Crippen LogP contribution in [0, 0.1) is 16.7 Å². The van der Waals surface area contributed by atoms with Gasteiger partial charge in [0.25, 0.3) is 5.91 Å². The largest absolute Gasteiger partial charge is 0.496 e. The minimum Gasteiger partial charge on any atom is -0.496 e. The van der Waals surface area contributed by atoms with E-state index in [0.717, 1.165) is 11.1 Å². The van der Waals surface area contributed by atoms with E-state index in [0.29, 0.717) is 53.8 Å². The van der Waals surface area contributed by atoms with Crippen LogP contribution in [-0.2, 0) is 29.1 Å². The van der Waals surface area contributed by atoms with E-state index < -0.39 is 79.6 Å². The summed E-state index contributed by atoms with van der Waals surface area (Å²) in [5, 5.41) is 5.66. The predicted octanol–water partition coefficient (Wildman–Crippen LogP) is 5.90. The van der Waals surface area contributed by atoms with Crippen molar-refractivity contribution < 1.29 is 41.8 Å². The first-order valence-corrected chi connectivity index (χ1v) is 22.0. The summed E-state index contributed by atoms with van der Waals surface area (Å²) in [4.78, 5) is 62.9. The van der Waals surface area contributed by atoms with Crippen LogP contribution in [0.2, 0.25) is 0 Å². The Hall–Kier alpha value is -5.44. The highest BCUT2D eigenvalue weighted by Crippen LogP contribution is 2.46. The van der Waals surface area contributed by atoms with Crippen molar-refractivity contribution in [3.8, 4) is 22.8 Å². The number of nitrogens with zero attached hydrogens (tertiary/aromatic N) is 2. The zero-order valence-corrected chi connectivity index (χ0v) is 35.9. The van der Waals surface area contributed by atoms with Gasteiger partial charge in [0.2, 0.25) is 21.8 Å². The summed E-state index contributed by atoms with van der Waals surface area (Å²) in [6.45, 7) is 13.3. The monoisotopic (exact) mass is 841 g/mol. The van der Waals surface area contributed by atoms with Crippen LogP contribution in [0.5, 0.6) is 11.5 Å². The maximum Gasteiger partial charge on any atom is 0.407 e. The maximum atomic E-state index is 14.8. The molecule has 0 unspecified atom stereocenters. The number of methoxy groups -OCH3 is 1. The molecule has 2 aliphatic carbocycles. The molecule has 4 bridgehead atoms. The standard InChI is InChI=1S/C45H55N5O9S/c1-8-29-24-45(29,41(53)49-60(55,56)31-17-18-31)48-39(51)35-21-30-25-50(35)40(52)38(43(2,3)4)47-42(54)58-26-44(5,6)19-13-12-16-28-20-32-34(23-36(28)57-7)46-33(22-37(32)59-30)27-14-10-9-11-15-27/h8-12,14-16,20,22-23,29-31,35,38H,1,13,17-19,21,24-26H2,2-7H3,(H,47,54)(H,48,51)(H,49,53)/b16-12-/t29-,30-,35+,38-,45-/m1/s1. The first-order valence-electron chi connectivity index (χ1n) is 20.5. The number of fused-ring (bicyclic) bond motifs is 3. The first kappa shape index (κ1) is 42.7. The third-order valence-electron chi connectivity index (χ3n) is 11.8. The van der Waals surface area contributed by atoms with Crippen LogP contribution in [0.1, 0.15) is 78.7 Å². The molecular weight excluding hydrogens is 787 g/mol. The summed E-state index contributed by atoms with van der Waals surface area (Å²) in [6.07, 6.45) is 6.44. The summed E-state index contributed by atoms with van der Waals surface area (Å²) in [6, 6.07) is 13.0. The van der Waals surface area contributed by atoms with Crippen molar-refractivity contribution in [2.45, 2.75) is 102 Å². The number of rotatable bonds is 8. The van der Waals surface area contributed by atoms with Gasteiger partial charge in [-0.2, -0.15) is 0 Å². The Balaban J connectivity index is 1.30. The highest BCUT2D eigenvalue weighted by Gasteiger charge is 2.62. The minimum absolute atomic E-state index is 0.0112. The number of allylic oxidation sites excluding steroid dienone is 1. The van der Waals surface area contributed by atoms with Gasteiger partial charge in [-0.05, 0) is 49.0 Å². The fourth-order valence-corrected chi connectivity index (χ4v) is 9.33. The third kappa shape index (κ3) is 9.01. The maximum absolute atomic E-state index is 14.8. The van der Waals surface area contributed by atoms with Gasteiger partial charge in [-0.25, -0.2) is 18.2 Å². The van der Waals surface area contributed by atoms with Gasteiger partial charge in [0.1, 0.15) is 35.2 Å². The van der Waals surface area contributed by atoms with Crippen molar-refractivity contribution in [1.82, 2.24) is 25.2 Å². The molecule has 2 aliphatic heterocycles. The Kier molecular flexibility index (Phi) is 11.5. The second-order valence-corrected chi connectivity index (χ2v) is 20.2. The smallest absolute Gasteiger partial charge is 0.407 e. The molecule has 60 heavy (non-hydrogen) atoms. The number of carbonyl (C=O) groups is 4. The average Bonchev–Trinajstić information content (AvgIpc) is 4.13. The van der Waals surface area contributed by atoms with Crippen molar-refractivity contribution >= 4 is 50.8 Å². The fourth-order valence-electron chi connectivity index (χ4n) is 7.97. The Morgan fingerprint density at radius 3 is 2.48 bits per heavy atom. The number of carbonyl (C=O) groups excluding carboxylic acids is 4. The number of nitrogens with one attached hydrogen (secondary N) is 3. The highest BCUT2D eigenvalue weighted by atomic mass is 32.2. The summed E-state index contributed by atoms with van der Waals surface area (Å²) < 4.78 is 46.2. The van der Waals surface area contributed by atoms with Gasteiger partial charge < -0.3 is 29.7 Å². The molecule has 3 fully saturated rings. The van der Waals surface area contributed by atoms with Crippen LogP contribution in [-0.4, -0.2) is 91.4 Å². The number of aromatic nitrogens is 1. The van der Waals surface area contributed by atoms with Crippen LogP contribution >= 0.6 is 0 Å². The molecule has 320 valence electrons. The zero-order valence-electron chi connectivity index (χ0n) is 35.1. The quantitative estimate of drug-likeness (QED) is 0.231. The summed E-state index contributed by atoms with van der Waals surface area (Å²) in [5.41, 5.74) is 0.0658. The number of hydrogen-bond acceptors (Lipinski definition) is 10. The molecule has 7 rings (SSSR count). The van der Waals surface area contributed by atoms with E-state index in [2.05, 4.69) is 21.9 Å². The van der Waals surface area contributed by atoms with Crippen LogP contribution in [0.4, 0.5) is 4.79 Å². The van der Waals surface area contributed by atoms with Gasteiger partial charge in [-0.3, -0.25) is 19.1 Å². The second kappa shape index (κ2) is 16.2. The highest BCUT2D eigenvalue weighted by molar-refractivity contribution is 7.91. The van der Waals surface area contributed by atoms with E-state index >= 15 is 0 Å². The summed E-state index contributed by atoms with van der Waals surface area (Å²) in [7, 11) is -2.33. The molecule has 4 aliphatic rings. The molecule has 3 N–H and O–H groups in total. The topological polar surface area (TPSA) is 182 Å². The number of alkyl carbamates (subject to hydrolysis) is 1. The van der Waals surface area contributed by atoms with Crippen molar-refractivity contribution in [1.29, 1.82) is 0 Å². The van der Waals surface area contributed by atoms with E-state index in [1.165, 1.54) is 11.0 Å². The Labute approximate surface area is 351 Å². The Morgan fingerprint density at radius 2 is 1.83 bits per heavy atom. The molecule has 14 nitrogen and oxygen atoms in total. The summed E-state index contributed by atoms with van der Waals surface area (Å²) in [5.74, 6) is -1.52. The van der Waals surface area contributed by atoms with Gasteiger partial charge >= 0.3 is 6.09 Å². The molecule has 4 amide bonds. The molecule has 5 atom stereocenters. The van der Waals surface area contributed by atoms with E-state index in [4.69, 9.17) is 19.2 Å². The molecule has 1 saturated heterocycles. The normalized spacial score (nSPS) is 26.3. The van der Waals surface area contributed by atoms with Gasteiger partial charge in [0, 0.05) is 41.0 Å². The van der Waals surface area contributed by atoms with E-state index in [1.807, 2.05) is 74.5 Å². The van der Waals surface area contributed by atoms with Crippen molar-refractivity contribution in [3.05, 3.63) is 72.8 Å². The minimum atomic E-state index is -3.93. The lowest BCUT2D eigenvalue weighted by atomic mass is 9.85. The lowest BCUT2D eigenvalue weighted by Gasteiger charge is -2.35. The van der Waals surface area contributed by atoms with Gasteiger partial charge in [0.15, 0.2) is 0 Å². The van der Waals surface area contributed by atoms with E-state index in [1.54, 1.807) is 27.9 Å². The number of ether oxygens (including phenoxy) is 3. The average molecular weight is 842 g/mol. The molecule has 0 radical (unpaired) electrons. The number of cyclic esters (lactones) is 1. The molecule has 2 aromatic carbocycles. The molecule has 3 heterocycles. The second-order valence-electron chi connectivity index (χ2n) is 18.3. The van der Waals surface area contributed by atoms with Crippen molar-refractivity contribution in [3.63, 3.8) is 0 Å². The van der Waals surface area contributed by atoms with Crippen LogP contribution in [0.15, 0.2) is 67.3 Å². The van der Waals surface area contributed by atoms with Crippen LogP contribution < -0.4 is 24.8 Å². The first-order chi connectivity index (χ1) is 28.3. The third-order valence-corrected chi connectivity index (χ3v) is 13.7. The lowest BCUT2D eigenvalue weighted by Crippen LogP contribution is -2.60. The van der Waals surface area contributed by atoms with Gasteiger partial charge in [-0.1, -0.05) is 83.2 Å². The van der Waals surface area contributed by atoms with E-state index in [9.17, 15) is 27.6 Å². The Morgan fingerprint density at radius 1 is 1.10 bits per heavy atom. The molecular formula is C45H55N5O9S. The number of amides is 4. The SMILES string of the molecule is C=C[C@@H]1C[C@]1(NC(=O)[C@@H]1C[C@@H]2CN1C(=O)[C@H](C(C)(C)C)NC(=O)OCC(C)(C)CC/C=C\c1cc3c(cc(-c4ccccc4)nc3cc1OC)O2)C(=O)NS(=O)(=O)C1CC1. The van der Waals surface area contributed by atoms with Gasteiger partial charge in [-0.15, -0.1) is 6.58 Å². The molecule has 3 aromatic rings. The van der Waals surface area contributed by atoms with Gasteiger partial charge in [0.05, 0.1) is 36.7 Å². The summed E-state index contributed by atoms with van der Waals surface area (Å²) >= 11 is 0. The number of benzene rings is 2. The predicted molar refractivity (Wildman–Crippen MR) is 227 cm³/mol. The fraction of sp³-hybridized carbons (Fsp3) is 0.489. The van der Waals surface area contributed by atoms with Crippen molar-refractivity contribution in [2.24, 2.45) is 16.7 Å². The number of pyridine rings is 1. The molecule has 2 saturated carbocycles. The van der Waals surface area contributed by atoms with Crippen molar-refractivity contribution in [2.75, 3.05) is 20.3 Å². The van der Waals surface area contributed by atoms with Crippen LogP contribution in [0.3, 0.4) is 0 Å². The zero-order chi connectivity index (χ0) is 43.2. The number of hydrogen-bond donors (Lipinski definition) is 3. The lowest BCUT2D eigenvalue weighted by molar-refractivity contribution is -0.142. The molecule has 1 aromatic heterocycles. The molecule has 15 heteroatoms.